The molecule has 0 saturated carbocycles. The lowest BCUT2D eigenvalue weighted by atomic mass is 10.2. The fourth-order valence-electron chi connectivity index (χ4n) is 1.62. The maximum atomic E-state index is 13.0. The molecular weight excluding hydrogens is 259 g/mol. The summed E-state index contributed by atoms with van der Waals surface area (Å²) in [5, 5.41) is 11.9. The average Bonchev–Trinajstić information content (AvgIpc) is 2.44. The van der Waals surface area contributed by atoms with Crippen molar-refractivity contribution in [3.05, 3.63) is 65.0 Å². The molecule has 1 N–H and O–H groups in total. The first-order valence-corrected chi connectivity index (χ1v) is 5.79. The maximum absolute atomic E-state index is 13.0. The Morgan fingerprint density at radius 2 is 1.95 bits per heavy atom. The van der Waals surface area contributed by atoms with Crippen LogP contribution in [0.15, 0.2) is 47.8 Å². The van der Waals surface area contributed by atoms with Crippen LogP contribution in [-0.2, 0) is 0 Å². The summed E-state index contributed by atoms with van der Waals surface area (Å²) in [5.41, 5.74) is 1.18. The molecule has 20 heavy (non-hydrogen) atoms. The fourth-order valence-corrected chi connectivity index (χ4v) is 1.62. The van der Waals surface area contributed by atoms with Crippen molar-refractivity contribution in [2.45, 2.75) is 6.92 Å². The minimum Gasteiger partial charge on any atom is -0.409 e. The van der Waals surface area contributed by atoms with Crippen molar-refractivity contribution in [1.29, 1.82) is 0 Å². The summed E-state index contributed by atoms with van der Waals surface area (Å²) in [6, 6.07) is 9.00. The zero-order valence-electron chi connectivity index (χ0n) is 10.7. The molecule has 0 amide bonds. The van der Waals surface area contributed by atoms with Crippen LogP contribution in [0, 0.1) is 17.7 Å². The molecule has 0 fully saturated rings. The van der Waals surface area contributed by atoms with Crippen molar-refractivity contribution in [1.82, 2.24) is 4.57 Å². The van der Waals surface area contributed by atoms with Gasteiger partial charge in [0.1, 0.15) is 5.82 Å². The Morgan fingerprint density at radius 3 is 2.55 bits per heavy atom. The van der Waals surface area contributed by atoms with E-state index in [-0.39, 0.29) is 17.2 Å². The molecule has 0 unspecified atom stereocenters. The highest BCUT2D eigenvalue weighted by atomic mass is 19.1. The predicted octanol–water partition coefficient (Wildman–Crippen LogP) is 1.98. The molecule has 100 valence electrons. The van der Waals surface area contributed by atoms with E-state index in [0.29, 0.717) is 11.1 Å². The van der Waals surface area contributed by atoms with Crippen molar-refractivity contribution < 1.29 is 14.4 Å². The highest BCUT2D eigenvalue weighted by Crippen LogP contribution is 2.02. The lowest BCUT2D eigenvalue weighted by Crippen LogP contribution is -2.24. The Labute approximate surface area is 114 Å². The number of benzene rings is 1. The molecule has 1 aromatic heterocycles. The highest BCUT2D eigenvalue weighted by molar-refractivity contribution is 5.75. The number of hydrogen-bond acceptors (Lipinski definition) is 3. The summed E-state index contributed by atoms with van der Waals surface area (Å²) >= 11 is 0. The van der Waals surface area contributed by atoms with Gasteiger partial charge in [-0.15, -0.1) is 0 Å². The molecule has 2 aromatic rings. The van der Waals surface area contributed by atoms with E-state index in [0.717, 1.165) is 0 Å². The van der Waals surface area contributed by atoms with Crippen LogP contribution < -0.4 is 5.49 Å². The third-order valence-corrected chi connectivity index (χ3v) is 2.55. The number of rotatable bonds is 0. The second kappa shape index (κ2) is 5.85. The van der Waals surface area contributed by atoms with E-state index in [2.05, 4.69) is 17.0 Å². The van der Waals surface area contributed by atoms with Gasteiger partial charge in [-0.2, -0.15) is 0 Å². The molecule has 0 aliphatic carbocycles. The van der Waals surface area contributed by atoms with Gasteiger partial charge in [-0.1, -0.05) is 23.1 Å². The van der Waals surface area contributed by atoms with E-state index in [9.17, 15) is 9.18 Å². The molecular formula is C15H11FN2O2. The van der Waals surface area contributed by atoms with Crippen LogP contribution in [-0.4, -0.2) is 15.7 Å². The molecule has 0 spiro atoms. The molecule has 0 atom stereocenters. The Kier molecular flexibility index (Phi) is 3.96. The van der Waals surface area contributed by atoms with Crippen LogP contribution in [0.25, 0.3) is 0 Å². The van der Waals surface area contributed by atoms with E-state index in [1.54, 1.807) is 18.2 Å². The normalized spacial score (nSPS) is 10.8. The van der Waals surface area contributed by atoms with Gasteiger partial charge in [0.2, 0.25) is 5.91 Å². The third kappa shape index (κ3) is 3.12. The second-order valence-electron chi connectivity index (χ2n) is 4.02. The molecule has 4 nitrogen and oxygen atoms in total. The van der Waals surface area contributed by atoms with Crippen LogP contribution in [0.2, 0.25) is 0 Å². The first-order valence-electron chi connectivity index (χ1n) is 5.79. The van der Waals surface area contributed by atoms with E-state index in [1.165, 1.54) is 35.9 Å². The van der Waals surface area contributed by atoms with Gasteiger partial charge >= 0.3 is 0 Å². The van der Waals surface area contributed by atoms with Gasteiger partial charge in [-0.3, -0.25) is 9.36 Å². The van der Waals surface area contributed by atoms with E-state index in [1.807, 2.05) is 0 Å². The molecule has 0 saturated heterocycles. The van der Waals surface area contributed by atoms with Gasteiger partial charge in [0.05, 0.1) is 0 Å². The summed E-state index contributed by atoms with van der Waals surface area (Å²) in [4.78, 5) is 11.3. The van der Waals surface area contributed by atoms with Crippen LogP contribution in [0.3, 0.4) is 0 Å². The maximum Gasteiger partial charge on any atom is 0.229 e. The zero-order valence-corrected chi connectivity index (χ0v) is 10.7. The Morgan fingerprint density at radius 1 is 1.25 bits per heavy atom. The monoisotopic (exact) mass is 270 g/mol. The zero-order chi connectivity index (χ0) is 14.5. The first kappa shape index (κ1) is 13.6. The summed E-state index contributed by atoms with van der Waals surface area (Å²) in [6.45, 7) is 1.35. The molecule has 2 rings (SSSR count). The number of carbonyl (C=O) groups excluding carboxylic acids is 1. The molecule has 0 bridgehead atoms. The quantitative estimate of drug-likeness (QED) is 0.452. The second-order valence-corrected chi connectivity index (χ2v) is 4.02. The highest BCUT2D eigenvalue weighted by Gasteiger charge is 1.99. The van der Waals surface area contributed by atoms with Crippen molar-refractivity contribution in [3.63, 3.8) is 0 Å². The SMILES string of the molecule is CC(=O)n1ccc(C#Cc2cccc(F)c2)c/c1=N/O. The lowest BCUT2D eigenvalue weighted by molar-refractivity contribution is 0.0927. The van der Waals surface area contributed by atoms with Gasteiger partial charge in [-0.05, 0) is 24.3 Å². The van der Waals surface area contributed by atoms with Crippen molar-refractivity contribution >= 4 is 5.91 Å². The third-order valence-electron chi connectivity index (χ3n) is 2.55. The average molecular weight is 270 g/mol. The molecule has 1 heterocycles. The van der Waals surface area contributed by atoms with Gasteiger partial charge in [0.15, 0.2) is 5.49 Å². The van der Waals surface area contributed by atoms with Crippen LogP contribution in [0.5, 0.6) is 0 Å². The first-order chi connectivity index (χ1) is 9.60. The lowest BCUT2D eigenvalue weighted by Gasteiger charge is -2.01. The standard InChI is InChI=1S/C15H11FN2O2/c1-11(19)18-8-7-13(10-15(18)17-20)6-5-12-3-2-4-14(16)9-12/h2-4,7-10,20H,1H3/b17-15-. The molecule has 0 aliphatic heterocycles. The molecule has 0 radical (unpaired) electrons. The summed E-state index contributed by atoms with van der Waals surface area (Å²) in [6.07, 6.45) is 1.47. The largest absolute Gasteiger partial charge is 0.409 e. The van der Waals surface area contributed by atoms with Crippen LogP contribution in [0.1, 0.15) is 22.8 Å². The Balaban J connectivity index is 2.39. The van der Waals surface area contributed by atoms with Gasteiger partial charge in [-0.25, -0.2) is 4.39 Å². The topological polar surface area (TPSA) is 54.6 Å². The predicted molar refractivity (Wildman–Crippen MR) is 70.5 cm³/mol. The molecule has 0 aliphatic rings. The van der Waals surface area contributed by atoms with E-state index in [4.69, 9.17) is 5.21 Å². The van der Waals surface area contributed by atoms with E-state index < -0.39 is 0 Å². The minimum atomic E-state index is -0.356. The fraction of sp³-hybridized carbons (Fsp3) is 0.0667. The smallest absolute Gasteiger partial charge is 0.229 e. The van der Waals surface area contributed by atoms with Gasteiger partial charge in [0, 0.05) is 30.3 Å². The van der Waals surface area contributed by atoms with Crippen LogP contribution in [0.4, 0.5) is 4.39 Å². The summed E-state index contributed by atoms with van der Waals surface area (Å²) < 4.78 is 14.2. The number of aromatic nitrogens is 1. The van der Waals surface area contributed by atoms with E-state index >= 15 is 0 Å². The molecule has 1 aromatic carbocycles. The number of halogens is 1. The summed E-state index contributed by atoms with van der Waals surface area (Å²) in [7, 11) is 0. The number of carbonyl (C=O) groups is 1. The number of hydrogen-bond donors (Lipinski definition) is 1. The minimum absolute atomic E-state index is 0.0866. The summed E-state index contributed by atoms with van der Waals surface area (Å²) in [5.74, 6) is 4.98. The Hall–Kier alpha value is -2.87. The van der Waals surface area contributed by atoms with Gasteiger partial charge in [0.25, 0.3) is 0 Å². The molecule has 5 heteroatoms. The van der Waals surface area contributed by atoms with Crippen molar-refractivity contribution in [2.75, 3.05) is 0 Å². The Bertz CT molecular complexity index is 782. The number of nitrogens with zero attached hydrogens (tertiary/aromatic N) is 2. The van der Waals surface area contributed by atoms with Crippen molar-refractivity contribution in [2.24, 2.45) is 5.16 Å². The number of pyridine rings is 1. The van der Waals surface area contributed by atoms with Crippen LogP contribution >= 0.6 is 0 Å². The van der Waals surface area contributed by atoms with Crippen molar-refractivity contribution in [3.8, 4) is 11.8 Å². The van der Waals surface area contributed by atoms with Gasteiger partial charge < -0.3 is 5.21 Å².